The molecule has 2 heterocycles. The van der Waals surface area contributed by atoms with Crippen LogP contribution in [0.15, 0.2) is 30.6 Å². The minimum Gasteiger partial charge on any atom is -0.439 e. The van der Waals surface area contributed by atoms with Crippen LogP contribution in [-0.4, -0.2) is 46.5 Å². The van der Waals surface area contributed by atoms with E-state index in [2.05, 4.69) is 21.8 Å². The standard InChI is InChI=1S/C21H24F2N4O2/c1-14-12-26(8-9-27(14)21(28)15-4-2-3-5-15)19-11-20(25-13-24-19)29-16-6-7-17(22)18(23)10-16/h6-7,10-11,13-15H,2-5,8-9,12H2,1H3/t14-/m1/s1. The number of carbonyl (C=O) groups excluding carboxylic acids is 1. The van der Waals surface area contributed by atoms with Crippen molar-refractivity contribution in [3.8, 4) is 11.6 Å². The monoisotopic (exact) mass is 402 g/mol. The van der Waals surface area contributed by atoms with Gasteiger partial charge in [0.25, 0.3) is 0 Å². The molecule has 1 aromatic carbocycles. The summed E-state index contributed by atoms with van der Waals surface area (Å²) in [6, 6.07) is 5.09. The number of anilines is 1. The fourth-order valence-electron chi connectivity index (χ4n) is 4.12. The van der Waals surface area contributed by atoms with Crippen molar-refractivity contribution in [2.45, 2.75) is 38.6 Å². The Morgan fingerprint density at radius 3 is 2.62 bits per heavy atom. The lowest BCUT2D eigenvalue weighted by Crippen LogP contribution is -2.55. The van der Waals surface area contributed by atoms with Gasteiger partial charge >= 0.3 is 0 Å². The Hall–Kier alpha value is -2.77. The van der Waals surface area contributed by atoms with E-state index in [1.54, 1.807) is 6.07 Å². The first-order valence-corrected chi connectivity index (χ1v) is 10.0. The van der Waals surface area contributed by atoms with Crippen molar-refractivity contribution in [2.24, 2.45) is 5.92 Å². The Labute approximate surface area is 168 Å². The molecule has 1 aliphatic heterocycles. The number of amides is 1. The third-order valence-corrected chi connectivity index (χ3v) is 5.68. The van der Waals surface area contributed by atoms with Crippen molar-refractivity contribution >= 4 is 11.7 Å². The predicted molar refractivity (Wildman–Crippen MR) is 104 cm³/mol. The number of piperazine rings is 1. The number of aromatic nitrogens is 2. The largest absolute Gasteiger partial charge is 0.439 e. The highest BCUT2D eigenvalue weighted by molar-refractivity contribution is 5.79. The Bertz CT molecular complexity index is 889. The van der Waals surface area contributed by atoms with Crippen LogP contribution in [0.5, 0.6) is 11.6 Å². The van der Waals surface area contributed by atoms with Gasteiger partial charge in [0, 0.05) is 43.7 Å². The number of halogens is 2. The summed E-state index contributed by atoms with van der Waals surface area (Å²) in [5.41, 5.74) is 0. The zero-order chi connectivity index (χ0) is 20.4. The van der Waals surface area contributed by atoms with Gasteiger partial charge in [-0.3, -0.25) is 4.79 Å². The normalized spacial score (nSPS) is 20.2. The second-order valence-electron chi connectivity index (χ2n) is 7.70. The molecule has 0 N–H and O–H groups in total. The van der Waals surface area contributed by atoms with Gasteiger partial charge in [0.1, 0.15) is 17.9 Å². The van der Waals surface area contributed by atoms with Gasteiger partial charge in [0.2, 0.25) is 11.8 Å². The van der Waals surface area contributed by atoms with Crippen LogP contribution in [0.4, 0.5) is 14.6 Å². The second kappa shape index (κ2) is 8.31. The zero-order valence-electron chi connectivity index (χ0n) is 16.4. The lowest BCUT2D eigenvalue weighted by atomic mass is 10.0. The third-order valence-electron chi connectivity index (χ3n) is 5.68. The Kier molecular flexibility index (Phi) is 5.60. The highest BCUT2D eigenvalue weighted by Crippen LogP contribution is 2.29. The third kappa shape index (κ3) is 4.31. The van der Waals surface area contributed by atoms with E-state index < -0.39 is 11.6 Å². The molecule has 1 aromatic heterocycles. The molecule has 29 heavy (non-hydrogen) atoms. The number of rotatable bonds is 4. The summed E-state index contributed by atoms with van der Waals surface area (Å²) in [6.45, 7) is 4.04. The predicted octanol–water partition coefficient (Wildman–Crippen LogP) is 3.77. The van der Waals surface area contributed by atoms with E-state index in [9.17, 15) is 13.6 Å². The van der Waals surface area contributed by atoms with Crippen LogP contribution in [0, 0.1) is 17.6 Å². The van der Waals surface area contributed by atoms with E-state index in [-0.39, 0.29) is 29.5 Å². The molecule has 0 spiro atoms. The zero-order valence-corrected chi connectivity index (χ0v) is 16.4. The molecule has 2 aromatic rings. The van der Waals surface area contributed by atoms with Crippen molar-refractivity contribution in [3.63, 3.8) is 0 Å². The summed E-state index contributed by atoms with van der Waals surface area (Å²) in [4.78, 5) is 25.2. The summed E-state index contributed by atoms with van der Waals surface area (Å²) < 4.78 is 32.0. The molecule has 154 valence electrons. The van der Waals surface area contributed by atoms with Gasteiger partial charge < -0.3 is 14.5 Å². The average Bonchev–Trinajstić information content (AvgIpc) is 3.25. The average molecular weight is 402 g/mol. The van der Waals surface area contributed by atoms with E-state index in [1.807, 2.05) is 4.90 Å². The highest BCUT2D eigenvalue weighted by Gasteiger charge is 2.33. The molecule has 0 radical (unpaired) electrons. The molecular weight excluding hydrogens is 378 g/mol. The minimum absolute atomic E-state index is 0.0855. The van der Waals surface area contributed by atoms with Crippen molar-refractivity contribution in [1.82, 2.24) is 14.9 Å². The maximum Gasteiger partial charge on any atom is 0.226 e. The van der Waals surface area contributed by atoms with Crippen LogP contribution in [0.25, 0.3) is 0 Å². The lowest BCUT2D eigenvalue weighted by Gasteiger charge is -2.41. The molecule has 0 unspecified atom stereocenters. The summed E-state index contributed by atoms with van der Waals surface area (Å²) >= 11 is 0. The maximum absolute atomic E-state index is 13.4. The van der Waals surface area contributed by atoms with Crippen LogP contribution in [0.1, 0.15) is 32.6 Å². The van der Waals surface area contributed by atoms with E-state index in [0.717, 1.165) is 37.8 Å². The van der Waals surface area contributed by atoms with Crippen LogP contribution in [0.3, 0.4) is 0 Å². The number of carbonyl (C=O) groups is 1. The van der Waals surface area contributed by atoms with Crippen molar-refractivity contribution in [2.75, 3.05) is 24.5 Å². The van der Waals surface area contributed by atoms with E-state index >= 15 is 0 Å². The van der Waals surface area contributed by atoms with Crippen molar-refractivity contribution in [3.05, 3.63) is 42.2 Å². The summed E-state index contributed by atoms with van der Waals surface area (Å²) in [5.74, 6) is -0.364. The first-order chi connectivity index (χ1) is 14.0. The van der Waals surface area contributed by atoms with E-state index in [0.29, 0.717) is 25.5 Å². The number of nitrogens with zero attached hydrogens (tertiary/aromatic N) is 4. The molecule has 0 bridgehead atoms. The second-order valence-corrected chi connectivity index (χ2v) is 7.70. The van der Waals surface area contributed by atoms with Crippen molar-refractivity contribution < 1.29 is 18.3 Å². The van der Waals surface area contributed by atoms with Gasteiger partial charge in [-0.25, -0.2) is 18.7 Å². The van der Waals surface area contributed by atoms with E-state index in [1.165, 1.54) is 12.4 Å². The summed E-state index contributed by atoms with van der Waals surface area (Å²) in [6.07, 6.45) is 5.68. The Morgan fingerprint density at radius 2 is 1.90 bits per heavy atom. The summed E-state index contributed by atoms with van der Waals surface area (Å²) in [5, 5.41) is 0. The van der Waals surface area contributed by atoms with E-state index in [4.69, 9.17) is 4.74 Å². The molecule has 1 saturated carbocycles. The molecule has 2 fully saturated rings. The smallest absolute Gasteiger partial charge is 0.226 e. The molecule has 8 heteroatoms. The first-order valence-electron chi connectivity index (χ1n) is 10.0. The van der Waals surface area contributed by atoms with Gasteiger partial charge in [0.15, 0.2) is 11.6 Å². The molecule has 1 aliphatic carbocycles. The SMILES string of the molecule is C[C@@H]1CN(c2cc(Oc3ccc(F)c(F)c3)ncn2)CCN1C(=O)C1CCCC1. The number of benzene rings is 1. The molecule has 1 saturated heterocycles. The summed E-state index contributed by atoms with van der Waals surface area (Å²) in [7, 11) is 0. The maximum atomic E-state index is 13.4. The Morgan fingerprint density at radius 1 is 1.10 bits per heavy atom. The topological polar surface area (TPSA) is 58.6 Å². The minimum atomic E-state index is -0.978. The molecule has 2 aliphatic rings. The van der Waals surface area contributed by atoms with Crippen LogP contribution in [-0.2, 0) is 4.79 Å². The van der Waals surface area contributed by atoms with Gasteiger partial charge in [-0.1, -0.05) is 12.8 Å². The van der Waals surface area contributed by atoms with Gasteiger partial charge in [-0.05, 0) is 31.9 Å². The van der Waals surface area contributed by atoms with Crippen molar-refractivity contribution in [1.29, 1.82) is 0 Å². The van der Waals surface area contributed by atoms with Crippen LogP contribution < -0.4 is 9.64 Å². The fraction of sp³-hybridized carbons (Fsp3) is 0.476. The first kappa shape index (κ1) is 19.5. The lowest BCUT2D eigenvalue weighted by molar-refractivity contribution is -0.137. The molecule has 1 amide bonds. The molecule has 6 nitrogen and oxygen atoms in total. The van der Waals surface area contributed by atoms with Gasteiger partial charge in [-0.15, -0.1) is 0 Å². The van der Waals surface area contributed by atoms with Gasteiger partial charge in [0.05, 0.1) is 0 Å². The molecular formula is C21H24F2N4O2. The van der Waals surface area contributed by atoms with Crippen LogP contribution >= 0.6 is 0 Å². The Balaban J connectivity index is 1.42. The molecule has 4 rings (SSSR count). The van der Waals surface area contributed by atoms with Crippen LogP contribution in [0.2, 0.25) is 0 Å². The number of hydrogen-bond donors (Lipinski definition) is 0. The fourth-order valence-corrected chi connectivity index (χ4v) is 4.12. The highest BCUT2D eigenvalue weighted by atomic mass is 19.2. The molecule has 1 atom stereocenters. The number of hydrogen-bond acceptors (Lipinski definition) is 5. The quantitative estimate of drug-likeness (QED) is 0.779. The number of ether oxygens (including phenoxy) is 1. The van der Waals surface area contributed by atoms with Gasteiger partial charge in [-0.2, -0.15) is 0 Å².